The zero-order valence-electron chi connectivity index (χ0n) is 9.50. The molecule has 2 rings (SSSR count). The van der Waals surface area contributed by atoms with Crippen LogP contribution in [0.5, 0.6) is 0 Å². The quantitative estimate of drug-likeness (QED) is 0.706. The molecule has 2 aliphatic rings. The van der Waals surface area contributed by atoms with Gasteiger partial charge in [0.2, 0.25) is 0 Å². The molecule has 14 heavy (non-hydrogen) atoms. The van der Waals surface area contributed by atoms with Gasteiger partial charge in [0.25, 0.3) is 0 Å². The topological polar surface area (TPSA) is 3.24 Å². The van der Waals surface area contributed by atoms with E-state index in [1.54, 1.807) is 0 Å². The predicted molar refractivity (Wildman–Crippen MR) is 65.0 cm³/mol. The van der Waals surface area contributed by atoms with Crippen molar-refractivity contribution in [3.63, 3.8) is 0 Å². The Morgan fingerprint density at radius 3 is 2.21 bits per heavy atom. The second-order valence-corrected chi connectivity index (χ2v) is 5.78. The van der Waals surface area contributed by atoms with Crippen LogP contribution in [0.1, 0.15) is 46.0 Å². The van der Waals surface area contributed by atoms with E-state index in [-0.39, 0.29) is 0 Å². The van der Waals surface area contributed by atoms with E-state index in [9.17, 15) is 0 Å². The number of likely N-dealkylation sites (tertiary alicyclic amines) is 1. The molecule has 2 atom stereocenters. The second kappa shape index (κ2) is 4.05. The minimum Gasteiger partial charge on any atom is -0.297 e. The van der Waals surface area contributed by atoms with Gasteiger partial charge in [-0.1, -0.05) is 6.42 Å². The monoisotopic (exact) mass is 213 g/mol. The Kier molecular flexibility index (Phi) is 3.13. The van der Waals surface area contributed by atoms with Crippen molar-refractivity contribution in [1.29, 1.82) is 0 Å². The highest BCUT2D eigenvalue weighted by Crippen LogP contribution is 2.48. The number of nitrogens with zero attached hydrogens (tertiary/aromatic N) is 1. The molecule has 0 spiro atoms. The molecule has 1 nitrogen and oxygen atoms in total. The third-order valence-electron chi connectivity index (χ3n) is 4.19. The molecule has 1 heterocycles. The maximum atomic E-state index is 4.50. The summed E-state index contributed by atoms with van der Waals surface area (Å²) >= 11 is 4.50. The van der Waals surface area contributed by atoms with E-state index in [0.29, 0.717) is 5.41 Å². The maximum Gasteiger partial charge on any atom is 0.00699 e. The summed E-state index contributed by atoms with van der Waals surface area (Å²) in [6, 6.07) is 1.60. The highest BCUT2D eigenvalue weighted by molar-refractivity contribution is 7.80. The van der Waals surface area contributed by atoms with E-state index in [2.05, 4.69) is 31.4 Å². The van der Waals surface area contributed by atoms with Gasteiger partial charge < -0.3 is 0 Å². The third kappa shape index (κ3) is 2.11. The first-order valence-electron chi connectivity index (χ1n) is 6.03. The number of hydrogen-bond donors (Lipinski definition) is 1. The Labute approximate surface area is 93.7 Å². The van der Waals surface area contributed by atoms with Gasteiger partial charge in [0, 0.05) is 18.6 Å². The summed E-state index contributed by atoms with van der Waals surface area (Å²) in [5.74, 6) is 1.09. The maximum absolute atomic E-state index is 4.50. The molecule has 1 aliphatic heterocycles. The van der Waals surface area contributed by atoms with Crippen molar-refractivity contribution in [2.45, 2.75) is 58.0 Å². The van der Waals surface area contributed by atoms with Gasteiger partial charge in [0.15, 0.2) is 0 Å². The van der Waals surface area contributed by atoms with E-state index >= 15 is 0 Å². The smallest absolute Gasteiger partial charge is 0.00699 e. The van der Waals surface area contributed by atoms with Gasteiger partial charge >= 0.3 is 0 Å². The Morgan fingerprint density at radius 2 is 1.79 bits per heavy atom. The fraction of sp³-hybridized carbons (Fsp3) is 1.00. The standard InChI is InChI=1S/C12H23NS/c1-10-4-3-5-11(2)13(10)8-12(9-14)6-7-12/h10-11,14H,3-9H2,1-2H3/t10-,11+. The van der Waals surface area contributed by atoms with Gasteiger partial charge in [-0.25, -0.2) is 0 Å². The molecule has 0 radical (unpaired) electrons. The lowest BCUT2D eigenvalue weighted by atomic mass is 9.95. The molecular weight excluding hydrogens is 190 g/mol. The summed E-state index contributed by atoms with van der Waals surface area (Å²) in [7, 11) is 0. The van der Waals surface area contributed by atoms with Crippen molar-refractivity contribution in [1.82, 2.24) is 4.90 Å². The molecule has 82 valence electrons. The van der Waals surface area contributed by atoms with E-state index in [1.165, 1.54) is 38.6 Å². The van der Waals surface area contributed by atoms with Crippen LogP contribution in [0.4, 0.5) is 0 Å². The molecule has 0 amide bonds. The van der Waals surface area contributed by atoms with Crippen molar-refractivity contribution >= 4 is 12.6 Å². The van der Waals surface area contributed by atoms with Crippen molar-refractivity contribution in [2.24, 2.45) is 5.41 Å². The van der Waals surface area contributed by atoms with Crippen molar-refractivity contribution in [3.8, 4) is 0 Å². The number of rotatable bonds is 3. The van der Waals surface area contributed by atoms with E-state index in [1.807, 2.05) is 0 Å². The fourth-order valence-electron chi connectivity index (χ4n) is 2.72. The minimum absolute atomic E-state index is 0.600. The Morgan fingerprint density at radius 1 is 1.21 bits per heavy atom. The number of piperidine rings is 1. The van der Waals surface area contributed by atoms with Crippen LogP contribution >= 0.6 is 12.6 Å². The molecule has 0 N–H and O–H groups in total. The normalized spacial score (nSPS) is 37.1. The molecule has 1 saturated carbocycles. The lowest BCUT2D eigenvalue weighted by Gasteiger charge is -2.41. The SMILES string of the molecule is C[C@@H]1CCC[C@H](C)N1CC1(CS)CC1. The van der Waals surface area contributed by atoms with Crippen LogP contribution in [-0.2, 0) is 0 Å². The molecule has 0 aromatic heterocycles. The highest BCUT2D eigenvalue weighted by Gasteiger charge is 2.44. The van der Waals surface area contributed by atoms with E-state index in [0.717, 1.165) is 17.8 Å². The fourth-order valence-corrected chi connectivity index (χ4v) is 3.13. The van der Waals surface area contributed by atoms with Crippen LogP contribution in [0.15, 0.2) is 0 Å². The van der Waals surface area contributed by atoms with Gasteiger partial charge in [-0.3, -0.25) is 4.90 Å². The third-order valence-corrected chi connectivity index (χ3v) is 4.86. The van der Waals surface area contributed by atoms with E-state index < -0.39 is 0 Å². The van der Waals surface area contributed by atoms with Crippen molar-refractivity contribution < 1.29 is 0 Å². The van der Waals surface area contributed by atoms with Crippen LogP contribution in [0.2, 0.25) is 0 Å². The first-order valence-corrected chi connectivity index (χ1v) is 6.67. The van der Waals surface area contributed by atoms with Crippen LogP contribution in [0.3, 0.4) is 0 Å². The zero-order chi connectivity index (χ0) is 10.2. The summed E-state index contributed by atoms with van der Waals surface area (Å²) in [4.78, 5) is 2.73. The average molecular weight is 213 g/mol. The van der Waals surface area contributed by atoms with Gasteiger partial charge in [-0.15, -0.1) is 0 Å². The summed E-state index contributed by atoms with van der Waals surface area (Å²) in [5.41, 5.74) is 0.600. The van der Waals surface area contributed by atoms with Gasteiger partial charge in [0.05, 0.1) is 0 Å². The molecule has 0 unspecified atom stereocenters. The first-order chi connectivity index (χ1) is 6.67. The summed E-state index contributed by atoms with van der Waals surface area (Å²) < 4.78 is 0. The number of thiol groups is 1. The van der Waals surface area contributed by atoms with Gasteiger partial charge in [0.1, 0.15) is 0 Å². The van der Waals surface area contributed by atoms with Crippen LogP contribution in [-0.4, -0.2) is 29.3 Å². The van der Waals surface area contributed by atoms with Crippen LogP contribution in [0.25, 0.3) is 0 Å². The summed E-state index contributed by atoms with van der Waals surface area (Å²) in [5, 5.41) is 0. The molecule has 2 fully saturated rings. The Bertz CT molecular complexity index is 190. The van der Waals surface area contributed by atoms with E-state index in [4.69, 9.17) is 0 Å². The average Bonchev–Trinajstić information content (AvgIpc) is 2.93. The Hall–Kier alpha value is 0.310. The van der Waals surface area contributed by atoms with Crippen molar-refractivity contribution in [3.05, 3.63) is 0 Å². The molecule has 0 bridgehead atoms. The summed E-state index contributed by atoms with van der Waals surface area (Å²) in [6.07, 6.45) is 7.03. The molecule has 0 aromatic rings. The summed E-state index contributed by atoms with van der Waals surface area (Å²) in [6.45, 7) is 6.09. The lowest BCUT2D eigenvalue weighted by Crippen LogP contribution is -2.46. The lowest BCUT2D eigenvalue weighted by molar-refractivity contribution is 0.0830. The predicted octanol–water partition coefficient (Wildman–Crippen LogP) is 2.96. The minimum atomic E-state index is 0.600. The number of hydrogen-bond acceptors (Lipinski definition) is 2. The molecule has 2 heteroatoms. The van der Waals surface area contributed by atoms with Crippen LogP contribution in [0, 0.1) is 5.41 Å². The second-order valence-electron chi connectivity index (χ2n) is 5.46. The van der Waals surface area contributed by atoms with Gasteiger partial charge in [-0.2, -0.15) is 12.6 Å². The van der Waals surface area contributed by atoms with Crippen LogP contribution < -0.4 is 0 Å². The Balaban J connectivity index is 1.94. The molecule has 1 aliphatic carbocycles. The zero-order valence-corrected chi connectivity index (χ0v) is 10.4. The van der Waals surface area contributed by atoms with Crippen molar-refractivity contribution in [2.75, 3.05) is 12.3 Å². The molecular formula is C12H23NS. The molecule has 1 saturated heterocycles. The largest absolute Gasteiger partial charge is 0.297 e. The van der Waals surface area contributed by atoms with Gasteiger partial charge in [-0.05, 0) is 50.7 Å². The highest BCUT2D eigenvalue weighted by atomic mass is 32.1. The first kappa shape index (κ1) is 10.8. The molecule has 0 aromatic carbocycles.